The minimum atomic E-state index is 0. The van der Waals surface area contributed by atoms with Gasteiger partial charge in [0.2, 0.25) is 0 Å². The summed E-state index contributed by atoms with van der Waals surface area (Å²) in [6, 6.07) is 4.47. The lowest BCUT2D eigenvalue weighted by atomic mass is 9.54. The minimum Gasteiger partial charge on any atom is -0.467 e. The number of guanidine groups is 1. The van der Waals surface area contributed by atoms with Gasteiger partial charge in [0.05, 0.1) is 18.9 Å². The molecule has 3 aliphatic rings. The zero-order valence-electron chi connectivity index (χ0n) is 15.2. The number of ether oxygens (including phenoxy) is 1. The third kappa shape index (κ3) is 3.31. The Labute approximate surface area is 167 Å². The van der Waals surface area contributed by atoms with Crippen molar-refractivity contribution in [3.8, 4) is 0 Å². The van der Waals surface area contributed by atoms with E-state index in [2.05, 4.69) is 24.2 Å². The molecule has 1 aliphatic heterocycles. The average molecular weight is 459 g/mol. The lowest BCUT2D eigenvalue weighted by molar-refractivity contribution is -0.125. The highest BCUT2D eigenvalue weighted by atomic mass is 127. The number of hydrogen-bond donors (Lipinski definition) is 1. The summed E-state index contributed by atoms with van der Waals surface area (Å²) in [6.07, 6.45) is 8.68. The van der Waals surface area contributed by atoms with Gasteiger partial charge in [-0.05, 0) is 38.3 Å². The van der Waals surface area contributed by atoms with Crippen molar-refractivity contribution >= 4 is 29.9 Å². The minimum absolute atomic E-state index is 0. The molecule has 140 valence electrons. The fourth-order valence-electron chi connectivity index (χ4n) is 5.18. The highest BCUT2D eigenvalue weighted by molar-refractivity contribution is 14.0. The van der Waals surface area contributed by atoms with Gasteiger partial charge >= 0.3 is 0 Å². The molecule has 2 saturated carbocycles. The monoisotopic (exact) mass is 459 g/mol. The second kappa shape index (κ2) is 7.86. The Bertz CT molecular complexity index is 583. The standard InChI is InChI=1S/C19H29N3O2.HI/c1-3-20-18(22(2)13-14-7-6-11-23-14)21-16-15-8-12-24-17(15)19(16)9-4-5-10-19;/h6-7,11,15-17H,3-5,8-10,12-13H2,1-2H3,(H,20,21);1H. The van der Waals surface area contributed by atoms with Gasteiger partial charge in [0.15, 0.2) is 5.96 Å². The molecule has 0 amide bonds. The molecular formula is C19H30IN3O2. The summed E-state index contributed by atoms with van der Waals surface area (Å²) < 4.78 is 11.6. The first-order valence-electron chi connectivity index (χ1n) is 9.41. The third-order valence-electron chi connectivity index (χ3n) is 6.21. The topological polar surface area (TPSA) is 50.0 Å². The fraction of sp³-hybridized carbons (Fsp3) is 0.737. The van der Waals surface area contributed by atoms with Crippen LogP contribution in [0.4, 0.5) is 0 Å². The summed E-state index contributed by atoms with van der Waals surface area (Å²) in [5.74, 6) is 2.62. The summed E-state index contributed by atoms with van der Waals surface area (Å²) in [4.78, 5) is 6.92. The van der Waals surface area contributed by atoms with E-state index in [4.69, 9.17) is 14.1 Å². The lowest BCUT2D eigenvalue weighted by Gasteiger charge is -2.57. The van der Waals surface area contributed by atoms with Crippen molar-refractivity contribution in [3.63, 3.8) is 0 Å². The number of fused-ring (bicyclic) bond motifs is 2. The molecule has 2 aliphatic carbocycles. The molecule has 1 aromatic heterocycles. The first-order valence-corrected chi connectivity index (χ1v) is 9.41. The number of hydrogen-bond acceptors (Lipinski definition) is 3. The van der Waals surface area contributed by atoms with Crippen molar-refractivity contribution in [2.45, 2.75) is 57.7 Å². The van der Waals surface area contributed by atoms with Gasteiger partial charge in [0.25, 0.3) is 0 Å². The maximum Gasteiger partial charge on any atom is 0.194 e. The van der Waals surface area contributed by atoms with Crippen LogP contribution in [0.25, 0.3) is 0 Å². The van der Waals surface area contributed by atoms with E-state index in [-0.39, 0.29) is 24.0 Å². The molecule has 1 spiro atoms. The van der Waals surface area contributed by atoms with Crippen LogP contribution < -0.4 is 5.32 Å². The predicted octanol–water partition coefficient (Wildman–Crippen LogP) is 3.64. The van der Waals surface area contributed by atoms with Crippen LogP contribution in [0, 0.1) is 11.3 Å². The van der Waals surface area contributed by atoms with Crippen LogP contribution >= 0.6 is 24.0 Å². The first-order chi connectivity index (χ1) is 11.7. The number of nitrogens with zero attached hydrogens (tertiary/aromatic N) is 2. The maximum atomic E-state index is 6.10. The van der Waals surface area contributed by atoms with Gasteiger partial charge < -0.3 is 19.4 Å². The molecule has 3 unspecified atom stereocenters. The molecule has 1 aromatic rings. The summed E-state index contributed by atoms with van der Waals surface area (Å²) >= 11 is 0. The molecule has 1 N–H and O–H groups in total. The van der Waals surface area contributed by atoms with Crippen molar-refractivity contribution < 1.29 is 9.15 Å². The summed E-state index contributed by atoms with van der Waals surface area (Å²) in [7, 11) is 2.09. The quantitative estimate of drug-likeness (QED) is 0.425. The van der Waals surface area contributed by atoms with E-state index in [0.717, 1.165) is 31.4 Å². The molecule has 5 nitrogen and oxygen atoms in total. The van der Waals surface area contributed by atoms with E-state index in [0.29, 0.717) is 23.5 Å². The predicted molar refractivity (Wildman–Crippen MR) is 109 cm³/mol. The molecular weight excluding hydrogens is 429 g/mol. The Morgan fingerprint density at radius 3 is 2.88 bits per heavy atom. The summed E-state index contributed by atoms with van der Waals surface area (Å²) in [6.45, 7) is 4.55. The zero-order valence-corrected chi connectivity index (χ0v) is 17.6. The van der Waals surface area contributed by atoms with Gasteiger partial charge in [-0.2, -0.15) is 0 Å². The highest BCUT2D eigenvalue weighted by Gasteiger charge is 2.65. The van der Waals surface area contributed by atoms with Gasteiger partial charge in [-0.25, -0.2) is 0 Å². The van der Waals surface area contributed by atoms with E-state index in [1.807, 2.05) is 12.1 Å². The molecule has 4 rings (SSSR count). The summed E-state index contributed by atoms with van der Waals surface area (Å²) in [5, 5.41) is 3.83. The molecule has 3 fully saturated rings. The Balaban J connectivity index is 0.00000182. The van der Waals surface area contributed by atoms with Gasteiger partial charge in [-0.15, -0.1) is 24.0 Å². The van der Waals surface area contributed by atoms with Crippen LogP contribution in [0.15, 0.2) is 27.8 Å². The third-order valence-corrected chi connectivity index (χ3v) is 6.21. The van der Waals surface area contributed by atoms with Crippen LogP contribution in [-0.2, 0) is 11.3 Å². The van der Waals surface area contributed by atoms with Gasteiger partial charge in [0.1, 0.15) is 5.76 Å². The zero-order chi connectivity index (χ0) is 16.6. The van der Waals surface area contributed by atoms with E-state index in [1.54, 1.807) is 6.26 Å². The van der Waals surface area contributed by atoms with Crippen molar-refractivity contribution in [1.29, 1.82) is 0 Å². The average Bonchev–Trinajstić information content (AvgIpc) is 3.30. The maximum absolute atomic E-state index is 6.10. The Morgan fingerprint density at radius 2 is 2.20 bits per heavy atom. The smallest absolute Gasteiger partial charge is 0.194 e. The molecule has 0 radical (unpaired) electrons. The first kappa shape index (κ1) is 19.0. The normalized spacial score (nSPS) is 29.8. The lowest BCUT2D eigenvalue weighted by Crippen LogP contribution is -2.69. The fourth-order valence-corrected chi connectivity index (χ4v) is 5.18. The molecule has 1 saturated heterocycles. The number of nitrogens with one attached hydrogen (secondary N) is 1. The highest BCUT2D eigenvalue weighted by Crippen LogP contribution is 2.60. The van der Waals surface area contributed by atoms with E-state index < -0.39 is 0 Å². The van der Waals surface area contributed by atoms with Crippen molar-refractivity contribution in [2.24, 2.45) is 16.3 Å². The Hall–Kier alpha value is -0.760. The molecule has 2 heterocycles. The van der Waals surface area contributed by atoms with Crippen LogP contribution in [0.1, 0.15) is 44.8 Å². The van der Waals surface area contributed by atoms with E-state index >= 15 is 0 Å². The molecule has 0 aromatic carbocycles. The van der Waals surface area contributed by atoms with Crippen molar-refractivity contribution in [1.82, 2.24) is 10.2 Å². The van der Waals surface area contributed by atoms with Crippen molar-refractivity contribution in [2.75, 3.05) is 20.2 Å². The second-order valence-electron chi connectivity index (χ2n) is 7.54. The van der Waals surface area contributed by atoms with Crippen LogP contribution in [-0.4, -0.2) is 43.2 Å². The molecule has 25 heavy (non-hydrogen) atoms. The Morgan fingerprint density at radius 1 is 1.40 bits per heavy atom. The van der Waals surface area contributed by atoms with Crippen LogP contribution in [0.5, 0.6) is 0 Å². The van der Waals surface area contributed by atoms with Crippen molar-refractivity contribution in [3.05, 3.63) is 24.2 Å². The van der Waals surface area contributed by atoms with Gasteiger partial charge in [-0.1, -0.05) is 12.8 Å². The molecule has 6 heteroatoms. The number of furan rings is 1. The summed E-state index contributed by atoms with van der Waals surface area (Å²) in [5.41, 5.74) is 0.348. The molecule has 0 bridgehead atoms. The second-order valence-corrected chi connectivity index (χ2v) is 7.54. The number of rotatable bonds is 4. The Kier molecular flexibility index (Phi) is 5.98. The number of halogens is 1. The molecule has 3 atom stereocenters. The SMILES string of the molecule is CCN=C(NC1C2CCOC2C12CCCC2)N(C)Cc1ccco1.I. The van der Waals surface area contributed by atoms with E-state index in [9.17, 15) is 0 Å². The van der Waals surface area contributed by atoms with Gasteiger partial charge in [-0.3, -0.25) is 4.99 Å². The largest absolute Gasteiger partial charge is 0.467 e. The number of aliphatic imine (C=N–C) groups is 1. The van der Waals surface area contributed by atoms with E-state index in [1.165, 1.54) is 32.1 Å². The van der Waals surface area contributed by atoms with Crippen LogP contribution in [0.3, 0.4) is 0 Å². The van der Waals surface area contributed by atoms with Crippen LogP contribution in [0.2, 0.25) is 0 Å². The van der Waals surface area contributed by atoms with Gasteiger partial charge in [0, 0.05) is 37.6 Å².